The molecule has 0 spiro atoms. The van der Waals surface area contributed by atoms with Crippen molar-refractivity contribution in [3.05, 3.63) is 68.2 Å². The first kappa shape index (κ1) is 23.7. The van der Waals surface area contributed by atoms with E-state index in [1.165, 1.54) is 16.7 Å². The number of benzene rings is 1. The number of carbonyl (C=O) groups is 1. The van der Waals surface area contributed by atoms with E-state index in [1.54, 1.807) is 18.2 Å². The van der Waals surface area contributed by atoms with Crippen LogP contribution in [0.3, 0.4) is 0 Å². The number of halogens is 1. The Morgan fingerprint density at radius 2 is 2.00 bits per heavy atom. The van der Waals surface area contributed by atoms with Gasteiger partial charge in [0, 0.05) is 37.6 Å². The molecule has 1 fully saturated rings. The zero-order valence-electron chi connectivity index (χ0n) is 19.7. The number of H-pyrrole nitrogens is 1. The van der Waals surface area contributed by atoms with Gasteiger partial charge in [0.05, 0.1) is 10.9 Å². The highest BCUT2D eigenvalue weighted by Gasteiger charge is 2.25. The van der Waals surface area contributed by atoms with E-state index in [2.05, 4.69) is 20.2 Å². The Morgan fingerprint density at radius 1 is 1.26 bits per heavy atom. The second kappa shape index (κ2) is 9.79. The van der Waals surface area contributed by atoms with Crippen LogP contribution >= 0.6 is 0 Å². The molecule has 1 unspecified atom stereocenters. The van der Waals surface area contributed by atoms with Gasteiger partial charge in [0.1, 0.15) is 5.82 Å². The average Bonchev–Trinajstić information content (AvgIpc) is 3.28. The predicted octanol–water partition coefficient (Wildman–Crippen LogP) is 3.01. The van der Waals surface area contributed by atoms with Crippen molar-refractivity contribution in [2.75, 3.05) is 24.5 Å². The van der Waals surface area contributed by atoms with E-state index in [-0.39, 0.29) is 40.2 Å². The van der Waals surface area contributed by atoms with E-state index in [9.17, 15) is 18.8 Å². The summed E-state index contributed by atoms with van der Waals surface area (Å²) in [6, 6.07) is 8.06. The number of aryl methyl sites for hydroxylation is 1. The van der Waals surface area contributed by atoms with E-state index in [0.29, 0.717) is 25.2 Å². The third-order valence-corrected chi connectivity index (χ3v) is 6.28. The van der Waals surface area contributed by atoms with Gasteiger partial charge in [-0.2, -0.15) is 0 Å². The fraction of sp³-hybridized carbons (Fsp3) is 0.440. The smallest absolute Gasteiger partial charge is 0.329 e. The summed E-state index contributed by atoms with van der Waals surface area (Å²) in [6.45, 7) is 8.25. The Bertz CT molecular complexity index is 1310. The first-order valence-corrected chi connectivity index (χ1v) is 11.7. The summed E-state index contributed by atoms with van der Waals surface area (Å²) in [5, 5.41) is 3.11. The van der Waals surface area contributed by atoms with Crippen molar-refractivity contribution in [1.82, 2.24) is 19.9 Å². The number of amides is 1. The Labute approximate surface area is 196 Å². The highest BCUT2D eigenvalue weighted by atomic mass is 19.1. The van der Waals surface area contributed by atoms with Gasteiger partial charge in [0.15, 0.2) is 5.65 Å². The number of carbonyl (C=O) groups excluding carboxylic acids is 1. The molecule has 8 nitrogen and oxygen atoms in total. The molecule has 0 aliphatic carbocycles. The second-order valence-corrected chi connectivity index (χ2v) is 9.15. The number of nitrogens with one attached hydrogen (secondary N) is 2. The predicted molar refractivity (Wildman–Crippen MR) is 130 cm³/mol. The number of hydrogen-bond donors (Lipinski definition) is 2. The van der Waals surface area contributed by atoms with Crippen LogP contribution in [-0.2, 0) is 6.54 Å². The number of aromatic amines is 1. The van der Waals surface area contributed by atoms with Gasteiger partial charge in [-0.1, -0.05) is 20.8 Å². The summed E-state index contributed by atoms with van der Waals surface area (Å²) < 4.78 is 14.6. The Hall–Kier alpha value is -3.49. The van der Waals surface area contributed by atoms with Crippen LogP contribution in [0.25, 0.3) is 11.0 Å². The molecule has 1 aliphatic rings. The highest BCUT2D eigenvalue weighted by molar-refractivity contribution is 6.05. The minimum Gasteiger partial charge on any atom is -0.371 e. The summed E-state index contributed by atoms with van der Waals surface area (Å²) in [4.78, 5) is 47.5. The molecule has 1 aliphatic heterocycles. The fourth-order valence-corrected chi connectivity index (χ4v) is 4.42. The molecule has 0 saturated carbocycles. The molecule has 0 radical (unpaired) electrons. The topological polar surface area (TPSA) is 100 Å². The molecule has 1 amide bonds. The molecule has 180 valence electrons. The van der Waals surface area contributed by atoms with E-state index >= 15 is 0 Å². The first-order chi connectivity index (χ1) is 16.3. The van der Waals surface area contributed by atoms with Crippen molar-refractivity contribution >= 4 is 22.6 Å². The lowest BCUT2D eigenvalue weighted by molar-refractivity contribution is 0.0949. The van der Waals surface area contributed by atoms with Gasteiger partial charge in [0.2, 0.25) is 0 Å². The number of rotatable bonds is 7. The molecule has 1 atom stereocenters. The zero-order chi connectivity index (χ0) is 24.4. The van der Waals surface area contributed by atoms with Gasteiger partial charge >= 0.3 is 5.69 Å². The molecule has 2 aromatic heterocycles. The lowest BCUT2D eigenvalue weighted by Gasteiger charge is -2.19. The van der Waals surface area contributed by atoms with Gasteiger partial charge in [-0.15, -0.1) is 0 Å². The maximum Gasteiger partial charge on any atom is 0.329 e. The monoisotopic (exact) mass is 467 g/mol. The molecular weight excluding hydrogens is 437 g/mol. The summed E-state index contributed by atoms with van der Waals surface area (Å²) in [5.74, 6) is -0.388. The van der Waals surface area contributed by atoms with Crippen molar-refractivity contribution in [3.8, 4) is 0 Å². The Morgan fingerprint density at radius 3 is 2.68 bits per heavy atom. The minimum atomic E-state index is -0.608. The third-order valence-electron chi connectivity index (χ3n) is 6.28. The van der Waals surface area contributed by atoms with E-state index in [1.807, 2.05) is 20.8 Å². The van der Waals surface area contributed by atoms with Crippen molar-refractivity contribution in [2.24, 2.45) is 5.92 Å². The molecule has 4 rings (SSSR count). The van der Waals surface area contributed by atoms with E-state index in [4.69, 9.17) is 0 Å². The number of nitrogens with zero attached hydrogens (tertiary/aromatic N) is 3. The molecule has 1 aromatic carbocycles. The van der Waals surface area contributed by atoms with Crippen LogP contribution in [0.1, 0.15) is 55.6 Å². The number of hydrogen-bond acceptors (Lipinski definition) is 5. The third kappa shape index (κ3) is 4.73. The largest absolute Gasteiger partial charge is 0.371 e. The van der Waals surface area contributed by atoms with Crippen LogP contribution in [0.4, 0.5) is 10.1 Å². The van der Waals surface area contributed by atoms with Crippen LogP contribution < -0.4 is 21.5 Å². The maximum absolute atomic E-state index is 13.3. The van der Waals surface area contributed by atoms with Gasteiger partial charge in [-0.05, 0) is 55.0 Å². The molecule has 1 saturated heterocycles. The Balaban J connectivity index is 1.58. The van der Waals surface area contributed by atoms with Crippen LogP contribution in [0.2, 0.25) is 0 Å². The summed E-state index contributed by atoms with van der Waals surface area (Å²) >= 11 is 0. The van der Waals surface area contributed by atoms with Crippen molar-refractivity contribution in [1.29, 1.82) is 0 Å². The van der Waals surface area contributed by atoms with Crippen LogP contribution in [0.15, 0.2) is 39.9 Å². The van der Waals surface area contributed by atoms with Crippen molar-refractivity contribution < 1.29 is 9.18 Å². The van der Waals surface area contributed by atoms with Crippen LogP contribution in [0, 0.1) is 11.7 Å². The summed E-state index contributed by atoms with van der Waals surface area (Å²) in [6.07, 6.45) is 1.57. The fourth-order valence-electron chi connectivity index (χ4n) is 4.42. The number of pyridine rings is 1. The van der Waals surface area contributed by atoms with Crippen LogP contribution in [-0.4, -0.2) is 40.1 Å². The normalized spacial score (nSPS) is 15.9. The lowest BCUT2D eigenvalue weighted by Crippen LogP contribution is -2.35. The van der Waals surface area contributed by atoms with Crippen LogP contribution in [0.5, 0.6) is 0 Å². The van der Waals surface area contributed by atoms with Gasteiger partial charge in [0.25, 0.3) is 11.5 Å². The SMILES string of the molecule is CCCn1c(=O)[nH]c(=O)c2c(C(=O)NCC3CCN(c4ccc(F)cc4)C3)cc(C(C)C)nc21. The van der Waals surface area contributed by atoms with Crippen molar-refractivity contribution in [2.45, 2.75) is 46.1 Å². The Kier molecular flexibility index (Phi) is 6.81. The molecular formula is C25H30FN5O3. The maximum atomic E-state index is 13.3. The minimum absolute atomic E-state index is 0.0134. The molecule has 3 heterocycles. The van der Waals surface area contributed by atoms with E-state index in [0.717, 1.165) is 25.2 Å². The summed E-state index contributed by atoms with van der Waals surface area (Å²) in [5.41, 5.74) is 0.950. The van der Waals surface area contributed by atoms with Crippen molar-refractivity contribution in [3.63, 3.8) is 0 Å². The highest BCUT2D eigenvalue weighted by Crippen LogP contribution is 2.24. The number of aromatic nitrogens is 3. The number of fused-ring (bicyclic) bond motifs is 1. The molecule has 0 bridgehead atoms. The van der Waals surface area contributed by atoms with E-state index < -0.39 is 11.2 Å². The first-order valence-electron chi connectivity index (χ1n) is 11.7. The summed E-state index contributed by atoms with van der Waals surface area (Å²) in [7, 11) is 0. The standard InChI is InChI=1S/C25H30FN5O3/c1-4-10-31-22-21(24(33)29-25(31)34)19(12-20(28-22)15(2)3)23(32)27-13-16-9-11-30(14-16)18-7-5-17(26)6-8-18/h5-8,12,15-16H,4,9-11,13-14H2,1-3H3,(H,27,32)(H,29,33,34). The molecule has 9 heteroatoms. The number of anilines is 1. The average molecular weight is 468 g/mol. The second-order valence-electron chi connectivity index (χ2n) is 9.15. The quantitative estimate of drug-likeness (QED) is 0.556. The molecule has 34 heavy (non-hydrogen) atoms. The van der Waals surface area contributed by atoms with Gasteiger partial charge in [-0.3, -0.25) is 19.1 Å². The lowest BCUT2D eigenvalue weighted by atomic mass is 10.0. The van der Waals surface area contributed by atoms with Gasteiger partial charge < -0.3 is 10.2 Å². The zero-order valence-corrected chi connectivity index (χ0v) is 19.7. The van der Waals surface area contributed by atoms with Gasteiger partial charge in [-0.25, -0.2) is 14.2 Å². The molecule has 3 aromatic rings. The molecule has 2 N–H and O–H groups in total.